The number of unbranched alkanes of at least 4 members (excludes halogenated alkanes) is 1. The van der Waals surface area contributed by atoms with Crippen molar-refractivity contribution in [3.63, 3.8) is 0 Å². The van der Waals surface area contributed by atoms with Crippen molar-refractivity contribution in [1.82, 2.24) is 15.2 Å². The molecule has 0 saturated carbocycles. The van der Waals surface area contributed by atoms with Crippen LogP contribution in [0.5, 0.6) is 0 Å². The van der Waals surface area contributed by atoms with Crippen molar-refractivity contribution in [1.29, 1.82) is 0 Å². The van der Waals surface area contributed by atoms with Gasteiger partial charge in [0.05, 0.1) is 17.3 Å². The first-order chi connectivity index (χ1) is 14.9. The lowest BCUT2D eigenvalue weighted by Gasteiger charge is -2.19. The van der Waals surface area contributed by atoms with E-state index in [4.69, 9.17) is 0 Å². The molecule has 5 nitrogen and oxygen atoms in total. The number of nitrogens with zero attached hydrogens (tertiary/aromatic N) is 2. The van der Waals surface area contributed by atoms with Crippen molar-refractivity contribution in [2.45, 2.75) is 39.2 Å². The lowest BCUT2D eigenvalue weighted by atomic mass is 10.0. The van der Waals surface area contributed by atoms with Crippen LogP contribution in [-0.2, 0) is 6.42 Å². The van der Waals surface area contributed by atoms with E-state index in [2.05, 4.69) is 41.5 Å². The average molecular weight is 436 g/mol. The van der Waals surface area contributed by atoms with E-state index in [1.165, 1.54) is 23.3 Å². The molecule has 0 saturated heterocycles. The van der Waals surface area contributed by atoms with Gasteiger partial charge in [-0.3, -0.25) is 9.59 Å². The van der Waals surface area contributed by atoms with Gasteiger partial charge in [-0.05, 0) is 54.5 Å². The van der Waals surface area contributed by atoms with Crippen molar-refractivity contribution >= 4 is 23.2 Å². The zero-order chi connectivity index (χ0) is 22.4. The Bertz CT molecular complexity index is 1030. The van der Waals surface area contributed by atoms with Gasteiger partial charge >= 0.3 is 0 Å². The molecule has 0 aliphatic rings. The fourth-order valence-electron chi connectivity index (χ4n) is 3.39. The highest BCUT2D eigenvalue weighted by Gasteiger charge is 2.21. The highest BCUT2D eigenvalue weighted by molar-refractivity contribution is 7.10. The van der Waals surface area contributed by atoms with Crippen LogP contribution < -0.4 is 5.32 Å². The Morgan fingerprint density at radius 2 is 1.84 bits per heavy atom. The number of carbonyl (C=O) groups excluding carboxylic acids is 2. The molecule has 3 aromatic rings. The third kappa shape index (κ3) is 5.58. The molecule has 6 heteroatoms. The second-order valence-electron chi connectivity index (χ2n) is 7.80. The van der Waals surface area contributed by atoms with Gasteiger partial charge in [0.2, 0.25) is 0 Å². The fourth-order valence-corrected chi connectivity index (χ4v) is 4.19. The first kappa shape index (κ1) is 22.7. The van der Waals surface area contributed by atoms with E-state index in [0.717, 1.165) is 16.9 Å². The second kappa shape index (κ2) is 10.4. The van der Waals surface area contributed by atoms with Crippen molar-refractivity contribution in [2.24, 2.45) is 0 Å². The molecule has 1 N–H and O–H groups in total. The summed E-state index contributed by atoms with van der Waals surface area (Å²) in [6.45, 7) is 3.94. The second-order valence-corrected chi connectivity index (χ2v) is 8.78. The van der Waals surface area contributed by atoms with Crippen LogP contribution >= 0.6 is 11.3 Å². The van der Waals surface area contributed by atoms with E-state index < -0.39 is 0 Å². The molecule has 2 heterocycles. The first-order valence-corrected chi connectivity index (χ1v) is 11.4. The van der Waals surface area contributed by atoms with Crippen LogP contribution in [-0.4, -0.2) is 35.8 Å². The van der Waals surface area contributed by atoms with Crippen LogP contribution in [0.3, 0.4) is 0 Å². The van der Waals surface area contributed by atoms with Crippen molar-refractivity contribution in [3.8, 4) is 0 Å². The normalized spacial score (nSPS) is 11.7. The van der Waals surface area contributed by atoms with Crippen LogP contribution in [0.25, 0.3) is 0 Å². The molecular weight excluding hydrogens is 406 g/mol. The third-order valence-electron chi connectivity index (χ3n) is 5.19. The number of pyridine rings is 1. The van der Waals surface area contributed by atoms with Gasteiger partial charge in [0, 0.05) is 19.0 Å². The van der Waals surface area contributed by atoms with E-state index in [0.29, 0.717) is 17.0 Å². The fraction of sp³-hybridized carbons (Fsp3) is 0.320. The zero-order valence-corrected chi connectivity index (χ0v) is 19.3. The molecule has 2 amide bonds. The minimum Gasteiger partial charge on any atom is -0.343 e. The van der Waals surface area contributed by atoms with E-state index >= 15 is 0 Å². The minimum atomic E-state index is -0.241. The summed E-state index contributed by atoms with van der Waals surface area (Å²) >= 11 is 1.61. The van der Waals surface area contributed by atoms with Crippen molar-refractivity contribution < 1.29 is 9.59 Å². The third-order valence-corrected chi connectivity index (χ3v) is 6.13. The maximum atomic E-state index is 13.1. The standard InChI is InChI=1S/C25H29N3O2S/c1-5-6-8-18-10-12-19(13-11-18)23(22-9-7-16-31-22)27-24(29)20-14-15-21(26-17(20)2)25(30)28(3)4/h7,9-16,23H,5-6,8H2,1-4H3,(H,27,29). The molecule has 31 heavy (non-hydrogen) atoms. The molecule has 3 rings (SSSR count). The Labute approximate surface area is 188 Å². The maximum Gasteiger partial charge on any atom is 0.271 e. The van der Waals surface area contributed by atoms with E-state index in [1.54, 1.807) is 44.5 Å². The summed E-state index contributed by atoms with van der Waals surface area (Å²) in [5.41, 5.74) is 3.68. The number of nitrogens with one attached hydrogen (secondary N) is 1. The van der Waals surface area contributed by atoms with Crippen LogP contribution in [0.15, 0.2) is 53.9 Å². The Morgan fingerprint density at radius 3 is 2.42 bits per heavy atom. The highest BCUT2D eigenvalue weighted by Crippen LogP contribution is 2.27. The molecule has 2 aromatic heterocycles. The van der Waals surface area contributed by atoms with Gasteiger partial charge < -0.3 is 10.2 Å². The van der Waals surface area contributed by atoms with Gasteiger partial charge in [0.15, 0.2) is 0 Å². The summed E-state index contributed by atoms with van der Waals surface area (Å²) in [4.78, 5) is 32.2. The molecule has 1 aromatic carbocycles. The minimum absolute atomic E-state index is 0.185. The number of hydrogen-bond donors (Lipinski definition) is 1. The Hall–Kier alpha value is -2.99. The number of thiophene rings is 1. The SMILES string of the molecule is CCCCc1ccc(C(NC(=O)c2ccc(C(=O)N(C)C)nc2C)c2cccs2)cc1. The predicted molar refractivity (Wildman–Crippen MR) is 126 cm³/mol. The number of amides is 2. The number of hydrogen-bond acceptors (Lipinski definition) is 4. The Morgan fingerprint density at radius 1 is 1.10 bits per heavy atom. The molecule has 1 unspecified atom stereocenters. The smallest absolute Gasteiger partial charge is 0.271 e. The van der Waals surface area contributed by atoms with Gasteiger partial charge in [0.1, 0.15) is 5.69 Å². The number of aromatic nitrogens is 1. The zero-order valence-electron chi connectivity index (χ0n) is 18.5. The van der Waals surface area contributed by atoms with Crippen LogP contribution in [0.4, 0.5) is 0 Å². The number of aryl methyl sites for hydroxylation is 2. The van der Waals surface area contributed by atoms with Crippen LogP contribution in [0.1, 0.15) is 68.4 Å². The molecular formula is C25H29N3O2S. The van der Waals surface area contributed by atoms with Crippen molar-refractivity contribution in [3.05, 3.63) is 86.9 Å². The van der Waals surface area contributed by atoms with E-state index in [1.807, 2.05) is 17.5 Å². The molecule has 0 spiro atoms. The predicted octanol–water partition coefficient (Wildman–Crippen LogP) is 5.02. The molecule has 0 aliphatic carbocycles. The summed E-state index contributed by atoms with van der Waals surface area (Å²) in [5.74, 6) is -0.392. The summed E-state index contributed by atoms with van der Waals surface area (Å²) in [7, 11) is 3.36. The molecule has 0 radical (unpaired) electrons. The topological polar surface area (TPSA) is 62.3 Å². The Kier molecular flexibility index (Phi) is 7.58. The lowest BCUT2D eigenvalue weighted by molar-refractivity contribution is 0.0820. The van der Waals surface area contributed by atoms with E-state index in [-0.39, 0.29) is 17.9 Å². The largest absolute Gasteiger partial charge is 0.343 e. The van der Waals surface area contributed by atoms with Gasteiger partial charge in [-0.1, -0.05) is 43.7 Å². The van der Waals surface area contributed by atoms with Crippen LogP contribution in [0, 0.1) is 6.92 Å². The number of benzene rings is 1. The monoisotopic (exact) mass is 435 g/mol. The van der Waals surface area contributed by atoms with Crippen molar-refractivity contribution in [2.75, 3.05) is 14.1 Å². The number of rotatable bonds is 8. The van der Waals surface area contributed by atoms with Gasteiger partial charge in [-0.25, -0.2) is 4.98 Å². The Balaban J connectivity index is 1.84. The summed E-state index contributed by atoms with van der Waals surface area (Å²) in [6, 6.07) is 15.5. The molecule has 0 aliphatic heterocycles. The maximum absolute atomic E-state index is 13.1. The number of carbonyl (C=O) groups is 2. The lowest BCUT2D eigenvalue weighted by Crippen LogP contribution is -2.30. The molecule has 1 atom stereocenters. The quantitative estimate of drug-likeness (QED) is 0.541. The highest BCUT2D eigenvalue weighted by atomic mass is 32.1. The summed E-state index contributed by atoms with van der Waals surface area (Å²) < 4.78 is 0. The molecule has 0 bridgehead atoms. The van der Waals surface area contributed by atoms with Gasteiger partial charge in [0.25, 0.3) is 11.8 Å². The first-order valence-electron chi connectivity index (χ1n) is 10.5. The average Bonchev–Trinajstić information content (AvgIpc) is 3.30. The van der Waals surface area contributed by atoms with Gasteiger partial charge in [-0.2, -0.15) is 0 Å². The van der Waals surface area contributed by atoms with E-state index in [9.17, 15) is 9.59 Å². The summed E-state index contributed by atoms with van der Waals surface area (Å²) in [6.07, 6.45) is 3.40. The molecule has 0 fully saturated rings. The molecule has 162 valence electrons. The van der Waals surface area contributed by atoms with Crippen LogP contribution in [0.2, 0.25) is 0 Å². The summed E-state index contributed by atoms with van der Waals surface area (Å²) in [5, 5.41) is 5.18. The van der Waals surface area contributed by atoms with Gasteiger partial charge in [-0.15, -0.1) is 11.3 Å².